The zero-order valence-electron chi connectivity index (χ0n) is 6.21. The van der Waals surface area contributed by atoms with Crippen LogP contribution in [0.5, 0.6) is 0 Å². The van der Waals surface area contributed by atoms with Crippen LogP contribution >= 0.6 is 11.8 Å². The van der Waals surface area contributed by atoms with E-state index in [9.17, 15) is 0 Å². The van der Waals surface area contributed by atoms with Crippen molar-refractivity contribution in [2.45, 2.75) is 0 Å². The topological polar surface area (TPSA) is 12.5 Å². The SMILES string of the molecule is [CH2]SCCN1CCOCC1. The molecule has 1 radical (unpaired) electrons. The maximum Gasteiger partial charge on any atom is 0.0594 e. The maximum absolute atomic E-state index is 5.22. The molecular formula is C7H14NOS. The third kappa shape index (κ3) is 2.90. The first-order valence-electron chi connectivity index (χ1n) is 3.60. The minimum atomic E-state index is 0.905. The summed E-state index contributed by atoms with van der Waals surface area (Å²) in [5.41, 5.74) is 0. The minimum absolute atomic E-state index is 0.905. The van der Waals surface area contributed by atoms with Crippen LogP contribution in [0.3, 0.4) is 0 Å². The molecule has 1 saturated heterocycles. The van der Waals surface area contributed by atoms with Crippen molar-refractivity contribution < 1.29 is 4.74 Å². The minimum Gasteiger partial charge on any atom is -0.379 e. The highest BCUT2D eigenvalue weighted by Gasteiger charge is 2.08. The molecule has 10 heavy (non-hydrogen) atoms. The quantitative estimate of drug-likeness (QED) is 0.607. The predicted octanol–water partition coefficient (Wildman–Crippen LogP) is 0.843. The van der Waals surface area contributed by atoms with Crippen molar-refractivity contribution in [3.05, 3.63) is 6.26 Å². The van der Waals surface area contributed by atoms with Gasteiger partial charge in [0, 0.05) is 31.6 Å². The monoisotopic (exact) mass is 160 g/mol. The van der Waals surface area contributed by atoms with Crippen LogP contribution in [0.2, 0.25) is 0 Å². The standard InChI is InChI=1S/C7H14NOS/c1-10-7-4-8-2-5-9-6-3-8/h1-7H2. The first kappa shape index (κ1) is 8.37. The van der Waals surface area contributed by atoms with Crippen LogP contribution in [0.1, 0.15) is 0 Å². The Bertz CT molecular complexity index is 83.7. The second kappa shape index (κ2) is 4.99. The van der Waals surface area contributed by atoms with E-state index in [4.69, 9.17) is 4.74 Å². The zero-order valence-corrected chi connectivity index (χ0v) is 7.03. The number of ether oxygens (including phenoxy) is 1. The summed E-state index contributed by atoms with van der Waals surface area (Å²) < 4.78 is 5.22. The van der Waals surface area contributed by atoms with Gasteiger partial charge in [0.25, 0.3) is 0 Å². The van der Waals surface area contributed by atoms with Gasteiger partial charge in [0.15, 0.2) is 0 Å². The van der Waals surface area contributed by atoms with Crippen molar-refractivity contribution in [3.8, 4) is 0 Å². The summed E-state index contributed by atoms with van der Waals surface area (Å²) in [6, 6.07) is 0. The van der Waals surface area contributed by atoms with E-state index in [-0.39, 0.29) is 0 Å². The van der Waals surface area contributed by atoms with Crippen LogP contribution in [-0.2, 0) is 4.74 Å². The second-order valence-corrected chi connectivity index (χ2v) is 3.18. The summed E-state index contributed by atoms with van der Waals surface area (Å²) >= 11 is 1.66. The van der Waals surface area contributed by atoms with Crippen molar-refractivity contribution in [2.75, 3.05) is 38.6 Å². The molecule has 0 atom stereocenters. The van der Waals surface area contributed by atoms with E-state index < -0.39 is 0 Å². The summed E-state index contributed by atoms with van der Waals surface area (Å²) in [5.74, 6) is 1.14. The molecule has 59 valence electrons. The van der Waals surface area contributed by atoms with Crippen molar-refractivity contribution in [1.82, 2.24) is 4.90 Å². The highest BCUT2D eigenvalue weighted by atomic mass is 32.2. The summed E-state index contributed by atoms with van der Waals surface area (Å²) in [5, 5.41) is 0. The zero-order chi connectivity index (χ0) is 7.23. The molecule has 0 saturated carbocycles. The lowest BCUT2D eigenvalue weighted by Gasteiger charge is -2.25. The van der Waals surface area contributed by atoms with Gasteiger partial charge in [-0.2, -0.15) is 11.8 Å². The Morgan fingerprint density at radius 1 is 1.40 bits per heavy atom. The molecule has 2 nitrogen and oxygen atoms in total. The molecule has 1 fully saturated rings. The van der Waals surface area contributed by atoms with Crippen molar-refractivity contribution in [1.29, 1.82) is 0 Å². The van der Waals surface area contributed by atoms with E-state index >= 15 is 0 Å². The Morgan fingerprint density at radius 2 is 2.10 bits per heavy atom. The fourth-order valence-corrected chi connectivity index (χ4v) is 1.41. The third-order valence-electron chi connectivity index (χ3n) is 1.66. The highest BCUT2D eigenvalue weighted by molar-refractivity contribution is 8.00. The van der Waals surface area contributed by atoms with Crippen LogP contribution < -0.4 is 0 Å². The molecule has 0 bridgehead atoms. The first-order valence-corrected chi connectivity index (χ1v) is 4.76. The van der Waals surface area contributed by atoms with Crippen LogP contribution in [0, 0.1) is 6.26 Å². The number of nitrogens with zero attached hydrogens (tertiary/aromatic N) is 1. The van der Waals surface area contributed by atoms with Crippen molar-refractivity contribution in [2.24, 2.45) is 0 Å². The summed E-state index contributed by atoms with van der Waals surface area (Å²) in [7, 11) is 0. The number of thioether (sulfide) groups is 1. The van der Waals surface area contributed by atoms with Crippen LogP contribution in [0.15, 0.2) is 0 Å². The molecule has 0 amide bonds. The van der Waals surface area contributed by atoms with E-state index in [1.165, 1.54) is 0 Å². The third-order valence-corrected chi connectivity index (χ3v) is 2.13. The summed E-state index contributed by atoms with van der Waals surface area (Å²) in [6.07, 6.45) is 3.73. The average Bonchev–Trinajstić information content (AvgIpc) is 2.03. The van der Waals surface area contributed by atoms with Crippen molar-refractivity contribution in [3.63, 3.8) is 0 Å². The smallest absolute Gasteiger partial charge is 0.0594 e. The van der Waals surface area contributed by atoms with Gasteiger partial charge in [-0.3, -0.25) is 4.90 Å². The molecule has 0 aromatic heterocycles. The molecule has 1 heterocycles. The largest absolute Gasteiger partial charge is 0.379 e. The van der Waals surface area contributed by atoms with E-state index in [2.05, 4.69) is 11.2 Å². The number of morpholine rings is 1. The molecule has 0 aromatic rings. The maximum atomic E-state index is 5.22. The van der Waals surface area contributed by atoms with Gasteiger partial charge in [0.2, 0.25) is 0 Å². The molecule has 1 aliphatic heterocycles. The first-order chi connectivity index (χ1) is 4.93. The molecule has 0 spiro atoms. The molecule has 3 heteroatoms. The Balaban J connectivity index is 2.02. The lowest BCUT2D eigenvalue weighted by atomic mass is 10.4. The summed E-state index contributed by atoms with van der Waals surface area (Å²) in [4.78, 5) is 2.42. The van der Waals surface area contributed by atoms with Crippen LogP contribution in [-0.4, -0.2) is 43.5 Å². The van der Waals surface area contributed by atoms with Gasteiger partial charge >= 0.3 is 0 Å². The molecule has 1 aliphatic rings. The van der Waals surface area contributed by atoms with Gasteiger partial charge in [-0.05, 0) is 0 Å². The lowest BCUT2D eigenvalue weighted by molar-refractivity contribution is 0.0410. The number of rotatable bonds is 3. The van der Waals surface area contributed by atoms with E-state index in [1.807, 2.05) is 0 Å². The Labute approximate surface area is 66.9 Å². The van der Waals surface area contributed by atoms with Crippen LogP contribution in [0.4, 0.5) is 0 Å². The Hall–Kier alpha value is 0.270. The second-order valence-electron chi connectivity index (χ2n) is 2.36. The molecule has 1 rings (SSSR count). The van der Waals surface area contributed by atoms with E-state index in [0.717, 1.165) is 38.6 Å². The van der Waals surface area contributed by atoms with Gasteiger partial charge in [-0.1, -0.05) is 0 Å². The van der Waals surface area contributed by atoms with Gasteiger partial charge in [-0.25, -0.2) is 0 Å². The van der Waals surface area contributed by atoms with E-state index in [0.29, 0.717) is 0 Å². The lowest BCUT2D eigenvalue weighted by Crippen LogP contribution is -2.37. The Kier molecular flexibility index (Phi) is 4.18. The predicted molar refractivity (Wildman–Crippen MR) is 45.1 cm³/mol. The van der Waals surface area contributed by atoms with Crippen LogP contribution in [0.25, 0.3) is 0 Å². The molecular weight excluding hydrogens is 146 g/mol. The molecule has 0 unspecified atom stereocenters. The van der Waals surface area contributed by atoms with E-state index in [1.54, 1.807) is 11.8 Å². The Morgan fingerprint density at radius 3 is 2.70 bits per heavy atom. The number of hydrogen-bond donors (Lipinski definition) is 0. The average molecular weight is 160 g/mol. The van der Waals surface area contributed by atoms with Gasteiger partial charge in [0.05, 0.1) is 13.2 Å². The summed E-state index contributed by atoms with van der Waals surface area (Å²) in [6.45, 7) is 5.17. The van der Waals surface area contributed by atoms with Gasteiger partial charge < -0.3 is 4.74 Å². The normalized spacial score (nSPS) is 21.3. The fraction of sp³-hybridized carbons (Fsp3) is 0.857. The molecule has 0 N–H and O–H groups in total. The fourth-order valence-electron chi connectivity index (χ4n) is 1.02. The molecule has 0 aromatic carbocycles. The van der Waals surface area contributed by atoms with Gasteiger partial charge in [0.1, 0.15) is 0 Å². The molecule has 0 aliphatic carbocycles. The van der Waals surface area contributed by atoms with Crippen molar-refractivity contribution >= 4 is 11.8 Å². The van der Waals surface area contributed by atoms with Gasteiger partial charge in [-0.15, -0.1) is 0 Å². The number of hydrogen-bond acceptors (Lipinski definition) is 3. The highest BCUT2D eigenvalue weighted by Crippen LogP contribution is 2.00.